The zero-order chi connectivity index (χ0) is 14.4. The van der Waals surface area contributed by atoms with Crippen LogP contribution in [-0.2, 0) is 11.3 Å². The van der Waals surface area contributed by atoms with Crippen LogP contribution in [0, 0.1) is 0 Å². The lowest BCUT2D eigenvalue weighted by molar-refractivity contribution is -0.121. The fourth-order valence-electron chi connectivity index (χ4n) is 2.44. The number of methoxy groups -OCH3 is 2. The summed E-state index contributed by atoms with van der Waals surface area (Å²) in [4.78, 5) is 11.9. The predicted molar refractivity (Wildman–Crippen MR) is 84.3 cm³/mol. The molecule has 1 heterocycles. The van der Waals surface area contributed by atoms with Crippen LogP contribution in [0.1, 0.15) is 24.8 Å². The first-order chi connectivity index (χ1) is 9.72. The maximum Gasteiger partial charge on any atom is 0.221 e. The molecule has 1 amide bonds. The standard InChI is InChI=1S/C15H22N2O3.ClH/c1-19-13-5-6-14(20-2)11(8-13)10-17-15(18)9-12-4-3-7-16-12;/h5-6,8,12,16H,3-4,7,9-10H2,1-2H3,(H,17,18);1H. The Hall–Kier alpha value is -1.46. The van der Waals surface area contributed by atoms with Crippen LogP contribution < -0.4 is 20.1 Å². The summed E-state index contributed by atoms with van der Waals surface area (Å²) in [6.45, 7) is 1.47. The minimum Gasteiger partial charge on any atom is -0.497 e. The largest absolute Gasteiger partial charge is 0.497 e. The van der Waals surface area contributed by atoms with Gasteiger partial charge in [-0.05, 0) is 37.6 Å². The molecule has 1 aromatic carbocycles. The quantitative estimate of drug-likeness (QED) is 0.842. The number of rotatable bonds is 6. The summed E-state index contributed by atoms with van der Waals surface area (Å²) in [5.41, 5.74) is 0.916. The van der Waals surface area contributed by atoms with Crippen LogP contribution in [0.3, 0.4) is 0 Å². The van der Waals surface area contributed by atoms with Crippen molar-refractivity contribution in [3.63, 3.8) is 0 Å². The first-order valence-electron chi connectivity index (χ1n) is 6.94. The molecule has 0 saturated carbocycles. The highest BCUT2D eigenvalue weighted by Crippen LogP contribution is 2.23. The van der Waals surface area contributed by atoms with Gasteiger partial charge in [0.15, 0.2) is 0 Å². The molecule has 118 valence electrons. The Morgan fingerprint density at radius 3 is 2.81 bits per heavy atom. The highest BCUT2D eigenvalue weighted by molar-refractivity contribution is 5.85. The van der Waals surface area contributed by atoms with Gasteiger partial charge in [0.25, 0.3) is 0 Å². The zero-order valence-electron chi connectivity index (χ0n) is 12.5. The number of carbonyl (C=O) groups is 1. The first kappa shape index (κ1) is 17.6. The van der Waals surface area contributed by atoms with Gasteiger partial charge in [0.05, 0.1) is 14.2 Å². The van der Waals surface area contributed by atoms with E-state index in [2.05, 4.69) is 10.6 Å². The topological polar surface area (TPSA) is 59.6 Å². The van der Waals surface area contributed by atoms with E-state index in [1.165, 1.54) is 0 Å². The molecule has 21 heavy (non-hydrogen) atoms. The van der Waals surface area contributed by atoms with E-state index < -0.39 is 0 Å². The Bertz CT molecular complexity index is 462. The van der Waals surface area contributed by atoms with Crippen molar-refractivity contribution >= 4 is 18.3 Å². The summed E-state index contributed by atoms with van der Waals surface area (Å²) in [7, 11) is 3.24. The van der Waals surface area contributed by atoms with Gasteiger partial charge in [-0.3, -0.25) is 4.79 Å². The van der Waals surface area contributed by atoms with Crippen molar-refractivity contribution in [2.24, 2.45) is 0 Å². The van der Waals surface area contributed by atoms with Gasteiger partial charge in [-0.15, -0.1) is 12.4 Å². The first-order valence-corrected chi connectivity index (χ1v) is 6.94. The van der Waals surface area contributed by atoms with E-state index in [0.29, 0.717) is 19.0 Å². The molecule has 2 rings (SSSR count). The number of ether oxygens (including phenoxy) is 2. The summed E-state index contributed by atoms with van der Waals surface area (Å²) in [5, 5.41) is 6.26. The average Bonchev–Trinajstić information content (AvgIpc) is 2.97. The number of amides is 1. The van der Waals surface area contributed by atoms with Crippen molar-refractivity contribution in [1.82, 2.24) is 10.6 Å². The Kier molecular flexibility index (Phi) is 7.32. The molecular weight excluding hydrogens is 292 g/mol. The molecule has 1 aromatic rings. The van der Waals surface area contributed by atoms with Crippen molar-refractivity contribution in [2.45, 2.75) is 31.8 Å². The van der Waals surface area contributed by atoms with Crippen molar-refractivity contribution in [1.29, 1.82) is 0 Å². The molecule has 2 N–H and O–H groups in total. The van der Waals surface area contributed by atoms with E-state index in [-0.39, 0.29) is 18.3 Å². The normalized spacial score (nSPS) is 17.0. The van der Waals surface area contributed by atoms with Crippen molar-refractivity contribution in [3.8, 4) is 11.5 Å². The zero-order valence-corrected chi connectivity index (χ0v) is 13.3. The third kappa shape index (κ3) is 5.10. The molecule has 1 atom stereocenters. The van der Waals surface area contributed by atoms with Crippen molar-refractivity contribution in [2.75, 3.05) is 20.8 Å². The molecule has 1 unspecified atom stereocenters. The maximum atomic E-state index is 11.9. The van der Waals surface area contributed by atoms with E-state index in [1.54, 1.807) is 14.2 Å². The van der Waals surface area contributed by atoms with E-state index in [9.17, 15) is 4.79 Å². The molecule has 5 nitrogen and oxygen atoms in total. The van der Waals surface area contributed by atoms with Crippen LogP contribution in [0.5, 0.6) is 11.5 Å². The van der Waals surface area contributed by atoms with Crippen LogP contribution in [-0.4, -0.2) is 32.7 Å². The van der Waals surface area contributed by atoms with Gasteiger partial charge in [-0.2, -0.15) is 0 Å². The maximum absolute atomic E-state index is 11.9. The lowest BCUT2D eigenvalue weighted by atomic mass is 10.1. The van der Waals surface area contributed by atoms with Gasteiger partial charge < -0.3 is 20.1 Å². The van der Waals surface area contributed by atoms with Crippen LogP contribution in [0.25, 0.3) is 0 Å². The number of halogens is 1. The Morgan fingerprint density at radius 1 is 1.38 bits per heavy atom. The van der Waals surface area contributed by atoms with Gasteiger partial charge in [-0.25, -0.2) is 0 Å². The van der Waals surface area contributed by atoms with Gasteiger partial charge in [0, 0.05) is 24.6 Å². The lowest BCUT2D eigenvalue weighted by Gasteiger charge is -2.13. The highest BCUT2D eigenvalue weighted by atomic mass is 35.5. The second-order valence-electron chi connectivity index (χ2n) is 4.95. The molecule has 1 aliphatic rings. The fourth-order valence-corrected chi connectivity index (χ4v) is 2.44. The van der Waals surface area contributed by atoms with Crippen LogP contribution >= 0.6 is 12.4 Å². The third-order valence-corrected chi connectivity index (χ3v) is 3.56. The molecule has 1 fully saturated rings. The summed E-state index contributed by atoms with van der Waals surface area (Å²) < 4.78 is 10.5. The Balaban J connectivity index is 0.00000220. The smallest absolute Gasteiger partial charge is 0.221 e. The SMILES string of the molecule is COc1ccc(OC)c(CNC(=O)CC2CCCN2)c1.Cl. The minimum absolute atomic E-state index is 0. The van der Waals surface area contributed by atoms with Crippen LogP contribution in [0.15, 0.2) is 18.2 Å². The highest BCUT2D eigenvalue weighted by Gasteiger charge is 2.17. The molecule has 0 aromatic heterocycles. The number of carbonyl (C=O) groups excluding carboxylic acids is 1. The summed E-state index contributed by atoms with van der Waals surface area (Å²) in [6.07, 6.45) is 2.77. The van der Waals surface area contributed by atoms with Gasteiger partial charge in [-0.1, -0.05) is 0 Å². The van der Waals surface area contributed by atoms with Crippen molar-refractivity contribution < 1.29 is 14.3 Å². The molecule has 1 saturated heterocycles. The van der Waals surface area contributed by atoms with Gasteiger partial charge in [0.2, 0.25) is 5.91 Å². The number of nitrogens with one attached hydrogen (secondary N) is 2. The minimum atomic E-state index is 0. The van der Waals surface area contributed by atoms with E-state index in [0.717, 1.165) is 36.4 Å². The average molecular weight is 315 g/mol. The number of hydrogen-bond donors (Lipinski definition) is 2. The molecule has 1 aliphatic heterocycles. The molecule has 0 aliphatic carbocycles. The van der Waals surface area contributed by atoms with E-state index in [1.807, 2.05) is 18.2 Å². The Morgan fingerprint density at radius 2 is 2.19 bits per heavy atom. The van der Waals surface area contributed by atoms with Crippen LogP contribution in [0.4, 0.5) is 0 Å². The predicted octanol–water partition coefficient (Wildman–Crippen LogP) is 1.88. The number of hydrogen-bond acceptors (Lipinski definition) is 4. The summed E-state index contributed by atoms with van der Waals surface area (Å²) in [6, 6.07) is 5.89. The monoisotopic (exact) mass is 314 g/mol. The third-order valence-electron chi connectivity index (χ3n) is 3.56. The fraction of sp³-hybridized carbons (Fsp3) is 0.533. The molecule has 6 heteroatoms. The van der Waals surface area contributed by atoms with Gasteiger partial charge >= 0.3 is 0 Å². The van der Waals surface area contributed by atoms with Gasteiger partial charge in [0.1, 0.15) is 11.5 Å². The summed E-state index contributed by atoms with van der Waals surface area (Å²) in [5.74, 6) is 1.58. The Labute approximate surface area is 131 Å². The second kappa shape index (κ2) is 8.74. The second-order valence-corrected chi connectivity index (χ2v) is 4.95. The molecule has 0 radical (unpaired) electrons. The number of benzene rings is 1. The van der Waals surface area contributed by atoms with Crippen molar-refractivity contribution in [3.05, 3.63) is 23.8 Å². The van der Waals surface area contributed by atoms with Crippen LogP contribution in [0.2, 0.25) is 0 Å². The summed E-state index contributed by atoms with van der Waals surface area (Å²) >= 11 is 0. The molecular formula is C15H23ClN2O3. The lowest BCUT2D eigenvalue weighted by Crippen LogP contribution is -2.31. The molecule has 0 spiro atoms. The van der Waals surface area contributed by atoms with E-state index >= 15 is 0 Å². The molecule has 0 bridgehead atoms. The van der Waals surface area contributed by atoms with E-state index in [4.69, 9.17) is 9.47 Å².